The van der Waals surface area contributed by atoms with Crippen LogP contribution in [0.5, 0.6) is 0 Å². The lowest BCUT2D eigenvalue weighted by molar-refractivity contribution is 0.0984. The Balaban J connectivity index is 1.25. The number of rotatable bonds is 4. The first-order valence-corrected chi connectivity index (χ1v) is 10.8. The third kappa shape index (κ3) is 3.80. The molecule has 2 aliphatic rings. The predicted octanol–water partition coefficient (Wildman–Crippen LogP) is 4.14. The van der Waals surface area contributed by atoms with Crippen molar-refractivity contribution >= 4 is 17.4 Å². The van der Waals surface area contributed by atoms with Gasteiger partial charge in [0.05, 0.1) is 0 Å². The van der Waals surface area contributed by atoms with Crippen LogP contribution in [0, 0.1) is 5.92 Å². The molecular weight excluding hydrogens is 372 g/mol. The minimum absolute atomic E-state index is 0.0393. The van der Waals surface area contributed by atoms with Crippen LogP contribution < -0.4 is 9.80 Å². The van der Waals surface area contributed by atoms with Gasteiger partial charge in [-0.3, -0.25) is 4.79 Å². The number of anilines is 2. The van der Waals surface area contributed by atoms with Crippen LogP contribution in [0.1, 0.15) is 34.5 Å². The van der Waals surface area contributed by atoms with Gasteiger partial charge in [-0.05, 0) is 48.8 Å². The molecule has 2 aliphatic heterocycles. The predicted molar refractivity (Wildman–Crippen MR) is 119 cm³/mol. The summed E-state index contributed by atoms with van der Waals surface area (Å²) >= 11 is 0. The average molecular weight is 399 g/mol. The summed E-state index contributed by atoms with van der Waals surface area (Å²) in [4.78, 5) is 26.0. The van der Waals surface area contributed by atoms with Crippen LogP contribution in [-0.2, 0) is 12.8 Å². The molecule has 3 heterocycles. The van der Waals surface area contributed by atoms with Crippen LogP contribution in [0.3, 0.4) is 0 Å². The molecule has 0 atom stereocenters. The number of carbonyl (C=O) groups excluding carboxylic acids is 1. The van der Waals surface area contributed by atoms with Crippen molar-refractivity contribution in [2.75, 3.05) is 29.4 Å². The van der Waals surface area contributed by atoms with Crippen molar-refractivity contribution in [3.05, 3.63) is 83.8 Å². The lowest BCUT2D eigenvalue weighted by atomic mass is 9.90. The van der Waals surface area contributed by atoms with E-state index < -0.39 is 0 Å². The van der Waals surface area contributed by atoms with Crippen LogP contribution in [0.15, 0.2) is 67.0 Å². The molecule has 2 aromatic carbocycles. The van der Waals surface area contributed by atoms with E-state index in [1.165, 1.54) is 17.5 Å². The molecule has 3 aromatic rings. The second-order valence-corrected chi connectivity index (χ2v) is 8.22. The van der Waals surface area contributed by atoms with Gasteiger partial charge in [0.2, 0.25) is 0 Å². The SMILES string of the molecule is O=C(c1cc(N2CCC(Cc3ccccc3)CC2)ncn1)N1CCc2ccccc21. The first kappa shape index (κ1) is 18.8. The molecule has 30 heavy (non-hydrogen) atoms. The van der Waals surface area contributed by atoms with Crippen molar-refractivity contribution in [2.45, 2.75) is 25.7 Å². The summed E-state index contributed by atoms with van der Waals surface area (Å²) in [7, 11) is 0. The quantitative estimate of drug-likeness (QED) is 0.663. The Kier molecular flexibility index (Phi) is 5.18. The highest BCUT2D eigenvalue weighted by molar-refractivity contribution is 6.06. The molecule has 0 unspecified atom stereocenters. The van der Waals surface area contributed by atoms with E-state index in [9.17, 15) is 4.79 Å². The van der Waals surface area contributed by atoms with Crippen molar-refractivity contribution in [2.24, 2.45) is 5.92 Å². The first-order chi connectivity index (χ1) is 14.8. The minimum Gasteiger partial charge on any atom is -0.356 e. The molecule has 5 nitrogen and oxygen atoms in total. The van der Waals surface area contributed by atoms with E-state index in [0.29, 0.717) is 18.2 Å². The fourth-order valence-corrected chi connectivity index (χ4v) is 4.64. The van der Waals surface area contributed by atoms with Gasteiger partial charge in [-0.2, -0.15) is 0 Å². The Bertz CT molecular complexity index is 1030. The largest absolute Gasteiger partial charge is 0.356 e. The number of amides is 1. The number of aromatic nitrogens is 2. The van der Waals surface area contributed by atoms with E-state index in [1.807, 2.05) is 29.2 Å². The Hall–Kier alpha value is -3.21. The Labute approximate surface area is 177 Å². The van der Waals surface area contributed by atoms with Crippen molar-refractivity contribution in [1.29, 1.82) is 0 Å². The number of nitrogens with zero attached hydrogens (tertiary/aromatic N) is 4. The van der Waals surface area contributed by atoms with Crippen LogP contribution in [0.4, 0.5) is 11.5 Å². The van der Waals surface area contributed by atoms with Crippen LogP contribution >= 0.6 is 0 Å². The van der Waals surface area contributed by atoms with Crippen molar-refractivity contribution in [1.82, 2.24) is 9.97 Å². The monoisotopic (exact) mass is 398 g/mol. The van der Waals surface area contributed by atoms with E-state index in [1.54, 1.807) is 0 Å². The fourth-order valence-electron chi connectivity index (χ4n) is 4.64. The number of piperidine rings is 1. The third-order valence-electron chi connectivity index (χ3n) is 6.31. The maximum absolute atomic E-state index is 13.1. The molecule has 1 aromatic heterocycles. The maximum Gasteiger partial charge on any atom is 0.277 e. The average Bonchev–Trinajstić information content (AvgIpc) is 3.24. The van der Waals surface area contributed by atoms with Crippen LogP contribution in [0.25, 0.3) is 0 Å². The standard InChI is InChI=1S/C25H26N4O/c30-25(29-15-12-21-8-4-5-9-23(21)29)22-17-24(27-18-26-22)28-13-10-20(11-14-28)16-19-6-2-1-3-7-19/h1-9,17-18,20H,10-16H2. The number of hydrogen-bond acceptors (Lipinski definition) is 4. The maximum atomic E-state index is 13.1. The van der Waals surface area contributed by atoms with E-state index in [-0.39, 0.29) is 5.91 Å². The van der Waals surface area contributed by atoms with Crippen LogP contribution in [0.2, 0.25) is 0 Å². The Morgan fingerprint density at radius 2 is 1.70 bits per heavy atom. The normalized spacial score (nSPS) is 16.5. The summed E-state index contributed by atoms with van der Waals surface area (Å²) in [5, 5.41) is 0. The summed E-state index contributed by atoms with van der Waals surface area (Å²) < 4.78 is 0. The highest BCUT2D eigenvalue weighted by Gasteiger charge is 2.27. The lowest BCUT2D eigenvalue weighted by Gasteiger charge is -2.33. The molecule has 0 bridgehead atoms. The summed E-state index contributed by atoms with van der Waals surface area (Å²) in [6, 6.07) is 20.7. The number of benzene rings is 2. The highest BCUT2D eigenvalue weighted by atomic mass is 16.2. The number of para-hydroxylation sites is 1. The molecule has 0 radical (unpaired) electrons. The zero-order valence-electron chi connectivity index (χ0n) is 17.1. The molecular formula is C25H26N4O. The van der Waals surface area contributed by atoms with Gasteiger partial charge in [0.1, 0.15) is 17.8 Å². The number of hydrogen-bond donors (Lipinski definition) is 0. The van der Waals surface area contributed by atoms with Crippen molar-refractivity contribution in [3.8, 4) is 0 Å². The van der Waals surface area contributed by atoms with Crippen LogP contribution in [-0.4, -0.2) is 35.5 Å². The van der Waals surface area contributed by atoms with Gasteiger partial charge in [-0.25, -0.2) is 9.97 Å². The second kappa shape index (κ2) is 8.27. The topological polar surface area (TPSA) is 49.3 Å². The van der Waals surface area contributed by atoms with Gasteiger partial charge in [-0.1, -0.05) is 48.5 Å². The Morgan fingerprint density at radius 3 is 2.53 bits per heavy atom. The molecule has 152 valence electrons. The molecule has 1 saturated heterocycles. The van der Waals surface area contributed by atoms with E-state index in [2.05, 4.69) is 51.3 Å². The summed E-state index contributed by atoms with van der Waals surface area (Å²) in [6.07, 6.45) is 5.84. The molecule has 0 N–H and O–H groups in total. The summed E-state index contributed by atoms with van der Waals surface area (Å²) in [6.45, 7) is 2.64. The molecule has 0 saturated carbocycles. The zero-order chi connectivity index (χ0) is 20.3. The number of carbonyl (C=O) groups is 1. The van der Waals surface area contributed by atoms with Crippen molar-refractivity contribution in [3.63, 3.8) is 0 Å². The van der Waals surface area contributed by atoms with Crippen molar-refractivity contribution < 1.29 is 4.79 Å². The minimum atomic E-state index is -0.0393. The number of fused-ring (bicyclic) bond motifs is 1. The lowest BCUT2D eigenvalue weighted by Crippen LogP contribution is -2.35. The van der Waals surface area contributed by atoms with E-state index >= 15 is 0 Å². The fraction of sp³-hybridized carbons (Fsp3) is 0.320. The zero-order valence-corrected chi connectivity index (χ0v) is 17.1. The summed E-state index contributed by atoms with van der Waals surface area (Å²) in [5.41, 5.74) is 4.12. The molecule has 1 amide bonds. The highest BCUT2D eigenvalue weighted by Crippen LogP contribution is 2.29. The van der Waals surface area contributed by atoms with E-state index in [4.69, 9.17) is 0 Å². The molecule has 0 spiro atoms. The Morgan fingerprint density at radius 1 is 0.933 bits per heavy atom. The van der Waals surface area contributed by atoms with Gasteiger partial charge in [0.25, 0.3) is 5.91 Å². The van der Waals surface area contributed by atoms with Gasteiger partial charge < -0.3 is 9.80 Å². The van der Waals surface area contributed by atoms with Gasteiger partial charge in [0, 0.05) is 31.4 Å². The van der Waals surface area contributed by atoms with Gasteiger partial charge >= 0.3 is 0 Å². The summed E-state index contributed by atoms with van der Waals surface area (Å²) in [5.74, 6) is 1.52. The second-order valence-electron chi connectivity index (χ2n) is 8.22. The molecule has 0 aliphatic carbocycles. The smallest absolute Gasteiger partial charge is 0.277 e. The van der Waals surface area contributed by atoms with Gasteiger partial charge in [-0.15, -0.1) is 0 Å². The molecule has 5 rings (SSSR count). The van der Waals surface area contributed by atoms with E-state index in [0.717, 1.165) is 50.3 Å². The first-order valence-electron chi connectivity index (χ1n) is 10.8. The van der Waals surface area contributed by atoms with Gasteiger partial charge in [0.15, 0.2) is 0 Å². The molecule has 5 heteroatoms. The molecule has 1 fully saturated rings. The third-order valence-corrected chi connectivity index (χ3v) is 6.31.